The number of hydrogen-bond donors (Lipinski definition) is 0. The van der Waals surface area contributed by atoms with E-state index in [-0.39, 0.29) is 0 Å². The summed E-state index contributed by atoms with van der Waals surface area (Å²) in [6.07, 6.45) is -1.90. The van der Waals surface area contributed by atoms with Gasteiger partial charge in [0, 0.05) is 22.7 Å². The Morgan fingerprint density at radius 3 is 2.27 bits per heavy atom. The monoisotopic (exact) mass is 369 g/mol. The summed E-state index contributed by atoms with van der Waals surface area (Å²) < 4.78 is 65.5. The lowest BCUT2D eigenvalue weighted by Gasteiger charge is -2.32. The highest BCUT2D eigenvalue weighted by Crippen LogP contribution is 2.39. The Kier molecular flexibility index (Phi) is 4.47. The van der Waals surface area contributed by atoms with Crippen molar-refractivity contribution in [1.29, 1.82) is 0 Å². The van der Waals surface area contributed by atoms with Crippen molar-refractivity contribution in [3.8, 4) is 0 Å². The molecule has 0 aliphatic carbocycles. The maximum absolute atomic E-state index is 14.7. The summed E-state index contributed by atoms with van der Waals surface area (Å²) in [6, 6.07) is 6.58. The largest absolute Gasteiger partial charge is 0.525 e. The van der Waals surface area contributed by atoms with Crippen LogP contribution in [0.5, 0.6) is 0 Å². The molecule has 26 heavy (non-hydrogen) atoms. The Morgan fingerprint density at radius 2 is 1.69 bits per heavy atom. The van der Waals surface area contributed by atoms with E-state index in [2.05, 4.69) is 0 Å². The lowest BCUT2D eigenvalue weighted by molar-refractivity contribution is -0.139. The Hall–Kier alpha value is -1.80. The molecule has 0 bridgehead atoms. The third-order valence-electron chi connectivity index (χ3n) is 4.94. The molecule has 0 amide bonds. The maximum Gasteiger partial charge on any atom is 0.525 e. The van der Waals surface area contributed by atoms with Crippen molar-refractivity contribution in [3.05, 3.63) is 41.8 Å². The Morgan fingerprint density at radius 1 is 1.12 bits per heavy atom. The minimum atomic E-state index is -4.37. The lowest BCUT2D eigenvalue weighted by atomic mass is 9.87. The Bertz CT molecular complexity index is 838. The molecule has 1 fully saturated rings. The van der Waals surface area contributed by atoms with Crippen molar-refractivity contribution in [2.75, 3.05) is 0 Å². The van der Waals surface area contributed by atoms with Gasteiger partial charge in [0.2, 0.25) is 0 Å². The molecule has 0 radical (unpaired) electrons. The van der Waals surface area contributed by atoms with Gasteiger partial charge in [-0.3, -0.25) is 0 Å². The molecule has 1 aromatic heterocycles. The summed E-state index contributed by atoms with van der Waals surface area (Å²) in [6.45, 7) is 6.06. The van der Waals surface area contributed by atoms with Crippen LogP contribution in [0.2, 0.25) is 0 Å². The topological polar surface area (TPSA) is 23.4 Å². The predicted octanol–water partition coefficient (Wildman–Crippen LogP) is 5.15. The van der Waals surface area contributed by atoms with Crippen LogP contribution in [0.1, 0.15) is 33.3 Å². The summed E-state index contributed by atoms with van der Waals surface area (Å²) in [5.41, 5.74) is -1.35. The number of halogens is 4. The van der Waals surface area contributed by atoms with E-state index in [1.54, 1.807) is 52.0 Å². The molecular formula is C18H20BF4NO2. The number of alkyl halides is 3. The third-order valence-corrected chi connectivity index (χ3v) is 4.94. The molecule has 1 saturated heterocycles. The second kappa shape index (κ2) is 6.13. The van der Waals surface area contributed by atoms with Crippen molar-refractivity contribution in [2.45, 2.75) is 51.6 Å². The number of aromatic nitrogens is 1. The highest BCUT2D eigenvalue weighted by Gasteiger charge is 2.53. The van der Waals surface area contributed by atoms with Crippen LogP contribution in [-0.4, -0.2) is 29.1 Å². The number of para-hydroxylation sites is 1. The maximum atomic E-state index is 14.7. The molecular weight excluding hydrogens is 349 g/mol. The van der Waals surface area contributed by atoms with Gasteiger partial charge in [-0.05, 0) is 39.8 Å². The highest BCUT2D eigenvalue weighted by atomic mass is 19.4. The van der Waals surface area contributed by atoms with Crippen molar-refractivity contribution in [1.82, 2.24) is 4.57 Å². The molecule has 1 aromatic carbocycles. The van der Waals surface area contributed by atoms with E-state index in [1.165, 1.54) is 12.3 Å². The van der Waals surface area contributed by atoms with Gasteiger partial charge in [-0.2, -0.15) is 13.2 Å². The molecule has 0 N–H and O–H groups in total. The van der Waals surface area contributed by atoms with Gasteiger partial charge in [-0.15, -0.1) is 0 Å². The molecule has 1 aliphatic rings. The first-order valence-corrected chi connectivity index (χ1v) is 8.27. The number of nitrogens with zero attached hydrogens (tertiary/aromatic N) is 1. The van der Waals surface area contributed by atoms with Crippen LogP contribution >= 0.6 is 0 Å². The van der Waals surface area contributed by atoms with E-state index in [0.717, 1.165) is 4.57 Å². The minimum absolute atomic E-state index is 0.345. The zero-order valence-corrected chi connectivity index (χ0v) is 15.0. The number of benzene rings is 1. The van der Waals surface area contributed by atoms with Crippen molar-refractivity contribution in [2.24, 2.45) is 0 Å². The molecule has 0 spiro atoms. The number of rotatable bonds is 3. The lowest BCUT2D eigenvalue weighted by Crippen LogP contribution is -2.41. The standard InChI is InChI=1S/C18H20BF4NO2/c1-16(2)17(3,4)26-19(25-16)15(20)9-12-10-24(11-18(21,22)23)14-8-6-5-7-13(12)14/h5-10H,11H2,1-4H3. The van der Waals surface area contributed by atoms with Crippen LogP contribution in [0.3, 0.4) is 0 Å². The van der Waals surface area contributed by atoms with E-state index >= 15 is 0 Å². The van der Waals surface area contributed by atoms with Crippen molar-refractivity contribution >= 4 is 24.1 Å². The van der Waals surface area contributed by atoms with Crippen molar-refractivity contribution < 1.29 is 26.9 Å². The van der Waals surface area contributed by atoms with Crippen LogP contribution in [0.15, 0.2) is 36.2 Å². The second-order valence-corrected chi connectivity index (χ2v) is 7.46. The first kappa shape index (κ1) is 19.0. The average molecular weight is 369 g/mol. The first-order valence-electron chi connectivity index (χ1n) is 8.27. The van der Waals surface area contributed by atoms with E-state index in [1.807, 2.05) is 0 Å². The molecule has 0 saturated carbocycles. The summed E-state index contributed by atoms with van der Waals surface area (Å²) in [4.78, 5) is 0. The van der Waals surface area contributed by atoms with Gasteiger partial charge in [0.1, 0.15) is 12.3 Å². The Balaban J connectivity index is 1.97. The van der Waals surface area contributed by atoms with Crippen LogP contribution in [-0.2, 0) is 15.9 Å². The van der Waals surface area contributed by atoms with Gasteiger partial charge in [0.15, 0.2) is 0 Å². The fourth-order valence-electron chi connectivity index (χ4n) is 2.89. The van der Waals surface area contributed by atoms with E-state index < -0.39 is 36.8 Å². The summed E-state index contributed by atoms with van der Waals surface area (Å²) >= 11 is 0. The van der Waals surface area contributed by atoms with Crippen LogP contribution in [0.25, 0.3) is 17.0 Å². The predicted molar refractivity (Wildman–Crippen MR) is 93.2 cm³/mol. The van der Waals surface area contributed by atoms with Gasteiger partial charge in [0.05, 0.1) is 11.2 Å². The molecule has 3 rings (SSSR count). The van der Waals surface area contributed by atoms with E-state index in [0.29, 0.717) is 16.5 Å². The molecule has 140 valence electrons. The summed E-state index contributed by atoms with van der Waals surface area (Å²) in [5, 5.41) is 0.531. The molecule has 1 aliphatic heterocycles. The van der Waals surface area contributed by atoms with Gasteiger partial charge in [-0.25, -0.2) is 4.39 Å². The number of hydrogen-bond acceptors (Lipinski definition) is 2. The molecule has 2 aromatic rings. The van der Waals surface area contributed by atoms with Crippen LogP contribution in [0.4, 0.5) is 17.6 Å². The molecule has 0 unspecified atom stereocenters. The van der Waals surface area contributed by atoms with Crippen molar-refractivity contribution in [3.63, 3.8) is 0 Å². The van der Waals surface area contributed by atoms with Crippen LogP contribution in [0, 0.1) is 0 Å². The quantitative estimate of drug-likeness (QED) is 0.552. The zero-order valence-electron chi connectivity index (χ0n) is 15.0. The Labute approximate surface area is 149 Å². The molecule has 8 heteroatoms. The summed E-state index contributed by atoms with van der Waals surface area (Å²) in [5.74, 6) is 0. The van der Waals surface area contributed by atoms with Gasteiger partial charge in [-0.1, -0.05) is 18.2 Å². The summed E-state index contributed by atoms with van der Waals surface area (Å²) in [7, 11) is -1.19. The SMILES string of the molecule is CC1(C)OB(C(F)=Cc2cn(CC(F)(F)F)c3ccccc23)OC1(C)C. The third kappa shape index (κ3) is 3.53. The van der Waals surface area contributed by atoms with Gasteiger partial charge in [0.25, 0.3) is 0 Å². The molecule has 2 heterocycles. The second-order valence-electron chi connectivity index (χ2n) is 7.46. The fourth-order valence-corrected chi connectivity index (χ4v) is 2.89. The normalized spacial score (nSPS) is 20.2. The van der Waals surface area contributed by atoms with E-state index in [4.69, 9.17) is 9.31 Å². The minimum Gasteiger partial charge on any atom is -0.398 e. The van der Waals surface area contributed by atoms with E-state index in [9.17, 15) is 17.6 Å². The first-order chi connectivity index (χ1) is 11.9. The molecule has 3 nitrogen and oxygen atoms in total. The van der Waals surface area contributed by atoms with Gasteiger partial charge < -0.3 is 13.9 Å². The van der Waals surface area contributed by atoms with Gasteiger partial charge >= 0.3 is 13.3 Å². The zero-order chi connectivity index (χ0) is 19.3. The fraction of sp³-hybridized carbons (Fsp3) is 0.444. The smallest absolute Gasteiger partial charge is 0.398 e. The average Bonchev–Trinajstić information content (AvgIpc) is 2.93. The van der Waals surface area contributed by atoms with Crippen LogP contribution < -0.4 is 0 Å². The highest BCUT2D eigenvalue weighted by molar-refractivity contribution is 6.54. The number of fused-ring (bicyclic) bond motifs is 1. The molecule has 0 atom stereocenters.